The second-order valence-electron chi connectivity index (χ2n) is 3.82. The maximum Gasteiger partial charge on any atom is 0.387 e. The molecule has 1 aliphatic heterocycles. The number of hydrogen-bond acceptors (Lipinski definition) is 4. The summed E-state index contributed by atoms with van der Waals surface area (Å²) in [6.07, 6.45) is 1.08. The van der Waals surface area contributed by atoms with Crippen molar-refractivity contribution < 1.29 is 13.5 Å². The molecule has 2 rings (SSSR count). The van der Waals surface area contributed by atoms with Crippen LogP contribution >= 0.6 is 11.8 Å². The SMILES string of the molecule is CCC1CN=C(Nc2ccc(OC(F)F)cc2)S1. The van der Waals surface area contributed by atoms with Crippen LogP contribution in [-0.2, 0) is 0 Å². The molecule has 1 aliphatic rings. The Bertz CT molecular complexity index is 423. The molecule has 1 unspecified atom stereocenters. The number of nitrogens with zero attached hydrogens (tertiary/aromatic N) is 1. The van der Waals surface area contributed by atoms with Crippen molar-refractivity contribution in [2.24, 2.45) is 4.99 Å². The van der Waals surface area contributed by atoms with E-state index in [9.17, 15) is 8.78 Å². The highest BCUT2D eigenvalue weighted by molar-refractivity contribution is 8.15. The molecule has 0 radical (unpaired) electrons. The quantitative estimate of drug-likeness (QED) is 0.909. The highest BCUT2D eigenvalue weighted by atomic mass is 32.2. The number of nitrogens with one attached hydrogen (secondary N) is 1. The minimum Gasteiger partial charge on any atom is -0.435 e. The first-order valence-corrected chi connectivity index (χ1v) is 6.58. The zero-order chi connectivity index (χ0) is 13.0. The lowest BCUT2D eigenvalue weighted by molar-refractivity contribution is -0.0498. The molecule has 0 saturated carbocycles. The number of ether oxygens (including phenoxy) is 1. The molecule has 0 fully saturated rings. The van der Waals surface area contributed by atoms with E-state index in [0.717, 1.165) is 23.8 Å². The van der Waals surface area contributed by atoms with Crippen LogP contribution in [0.25, 0.3) is 0 Å². The topological polar surface area (TPSA) is 33.6 Å². The van der Waals surface area contributed by atoms with Gasteiger partial charge in [0.05, 0.1) is 6.54 Å². The Morgan fingerprint density at radius 1 is 1.44 bits per heavy atom. The second kappa shape index (κ2) is 6.04. The van der Waals surface area contributed by atoms with E-state index in [4.69, 9.17) is 0 Å². The second-order valence-corrected chi connectivity index (χ2v) is 5.11. The van der Waals surface area contributed by atoms with Crippen LogP contribution in [0.4, 0.5) is 14.5 Å². The predicted octanol–water partition coefficient (Wildman–Crippen LogP) is 3.58. The summed E-state index contributed by atoms with van der Waals surface area (Å²) < 4.78 is 28.2. The molecule has 0 saturated heterocycles. The monoisotopic (exact) mass is 272 g/mol. The third-order valence-electron chi connectivity index (χ3n) is 2.50. The Kier molecular flexibility index (Phi) is 4.41. The molecule has 0 spiro atoms. The Labute approximate surface area is 109 Å². The van der Waals surface area contributed by atoms with Gasteiger partial charge in [0, 0.05) is 10.9 Å². The van der Waals surface area contributed by atoms with Gasteiger partial charge in [-0.3, -0.25) is 4.99 Å². The zero-order valence-corrected chi connectivity index (χ0v) is 10.7. The van der Waals surface area contributed by atoms with Gasteiger partial charge in [-0.1, -0.05) is 18.7 Å². The van der Waals surface area contributed by atoms with Crippen LogP contribution in [0.2, 0.25) is 0 Å². The molecule has 18 heavy (non-hydrogen) atoms. The van der Waals surface area contributed by atoms with Crippen molar-refractivity contribution in [1.82, 2.24) is 0 Å². The van der Waals surface area contributed by atoms with Crippen LogP contribution in [0.5, 0.6) is 5.75 Å². The van der Waals surface area contributed by atoms with Gasteiger partial charge in [-0.25, -0.2) is 0 Å². The molecule has 1 aromatic rings. The molecule has 1 aromatic carbocycles. The van der Waals surface area contributed by atoms with Crippen LogP contribution in [0.1, 0.15) is 13.3 Å². The van der Waals surface area contributed by atoms with Crippen LogP contribution in [0.3, 0.4) is 0 Å². The number of rotatable bonds is 4. The van der Waals surface area contributed by atoms with Crippen molar-refractivity contribution >= 4 is 22.6 Å². The van der Waals surface area contributed by atoms with Crippen LogP contribution in [-0.4, -0.2) is 23.6 Å². The molecular weight excluding hydrogens is 258 g/mol. The van der Waals surface area contributed by atoms with Gasteiger partial charge >= 0.3 is 6.61 Å². The summed E-state index contributed by atoms with van der Waals surface area (Å²) in [4.78, 5) is 4.37. The van der Waals surface area contributed by atoms with Gasteiger partial charge in [0.15, 0.2) is 5.17 Å². The Morgan fingerprint density at radius 2 is 2.17 bits per heavy atom. The summed E-state index contributed by atoms with van der Waals surface area (Å²) in [5.74, 6) is 0.156. The third kappa shape index (κ3) is 3.60. The highest BCUT2D eigenvalue weighted by Gasteiger charge is 2.17. The third-order valence-corrected chi connectivity index (χ3v) is 3.77. The number of thioether (sulfide) groups is 1. The van der Waals surface area contributed by atoms with E-state index < -0.39 is 6.61 Å². The molecule has 0 amide bonds. The number of halogens is 2. The molecule has 0 aliphatic carbocycles. The summed E-state index contributed by atoms with van der Waals surface area (Å²) in [7, 11) is 0. The first-order chi connectivity index (χ1) is 8.67. The van der Waals surface area contributed by atoms with Crippen LogP contribution in [0.15, 0.2) is 29.3 Å². The number of hydrogen-bond donors (Lipinski definition) is 1. The van der Waals surface area contributed by atoms with Crippen LogP contribution in [0, 0.1) is 0 Å². The smallest absolute Gasteiger partial charge is 0.387 e. The van der Waals surface area contributed by atoms with Crippen molar-refractivity contribution in [3.63, 3.8) is 0 Å². The summed E-state index contributed by atoms with van der Waals surface area (Å²) in [5, 5.41) is 4.57. The van der Waals surface area contributed by atoms with E-state index in [1.165, 1.54) is 12.1 Å². The molecule has 1 N–H and O–H groups in total. The number of anilines is 1. The Balaban J connectivity index is 1.91. The van der Waals surface area contributed by atoms with Gasteiger partial charge in [-0.2, -0.15) is 8.78 Å². The van der Waals surface area contributed by atoms with E-state index >= 15 is 0 Å². The maximum atomic E-state index is 12.0. The summed E-state index contributed by atoms with van der Waals surface area (Å²) in [6, 6.07) is 6.40. The summed E-state index contributed by atoms with van der Waals surface area (Å²) in [5.41, 5.74) is 0.819. The molecule has 1 atom stereocenters. The lowest BCUT2D eigenvalue weighted by Crippen LogP contribution is -2.07. The average molecular weight is 272 g/mol. The fourth-order valence-electron chi connectivity index (χ4n) is 1.54. The fourth-order valence-corrected chi connectivity index (χ4v) is 2.50. The van der Waals surface area contributed by atoms with Gasteiger partial charge in [0.25, 0.3) is 0 Å². The highest BCUT2D eigenvalue weighted by Crippen LogP contribution is 2.25. The minimum atomic E-state index is -2.79. The average Bonchev–Trinajstić information content (AvgIpc) is 2.79. The maximum absolute atomic E-state index is 12.0. The van der Waals surface area contributed by atoms with Gasteiger partial charge in [0.1, 0.15) is 5.75 Å². The van der Waals surface area contributed by atoms with Gasteiger partial charge in [0.2, 0.25) is 0 Å². The Hall–Kier alpha value is -1.30. The fraction of sp³-hybridized carbons (Fsp3) is 0.417. The Morgan fingerprint density at radius 3 is 2.72 bits per heavy atom. The van der Waals surface area contributed by atoms with E-state index in [0.29, 0.717) is 5.25 Å². The van der Waals surface area contributed by atoms with E-state index in [-0.39, 0.29) is 5.75 Å². The number of aliphatic imine (C=N–C) groups is 1. The van der Waals surface area contributed by atoms with Gasteiger partial charge in [-0.05, 0) is 30.7 Å². The molecular formula is C12H14F2N2OS. The number of benzene rings is 1. The van der Waals surface area contributed by atoms with Crippen molar-refractivity contribution in [1.29, 1.82) is 0 Å². The van der Waals surface area contributed by atoms with Crippen molar-refractivity contribution in [2.75, 3.05) is 11.9 Å². The van der Waals surface area contributed by atoms with Gasteiger partial charge < -0.3 is 10.1 Å². The summed E-state index contributed by atoms with van der Waals surface area (Å²) in [6.45, 7) is 0.173. The van der Waals surface area contributed by atoms with Gasteiger partial charge in [-0.15, -0.1) is 0 Å². The van der Waals surface area contributed by atoms with Crippen molar-refractivity contribution in [2.45, 2.75) is 25.2 Å². The summed E-state index contributed by atoms with van der Waals surface area (Å²) >= 11 is 1.71. The van der Waals surface area contributed by atoms with Crippen LogP contribution < -0.4 is 10.1 Å². The normalized spacial score (nSPS) is 18.9. The molecule has 0 aromatic heterocycles. The number of amidine groups is 1. The largest absolute Gasteiger partial charge is 0.435 e. The minimum absolute atomic E-state index is 0.156. The predicted molar refractivity (Wildman–Crippen MR) is 70.7 cm³/mol. The molecule has 3 nitrogen and oxygen atoms in total. The standard InChI is InChI=1S/C12H14F2N2OS/c1-2-10-7-15-12(18-10)16-8-3-5-9(6-4-8)17-11(13)14/h3-6,10-11H,2,7H2,1H3,(H,15,16). The van der Waals surface area contributed by atoms with E-state index in [2.05, 4.69) is 22.0 Å². The molecule has 0 bridgehead atoms. The van der Waals surface area contributed by atoms with E-state index in [1.807, 2.05) is 0 Å². The first-order valence-electron chi connectivity index (χ1n) is 5.70. The lowest BCUT2D eigenvalue weighted by Gasteiger charge is -2.08. The van der Waals surface area contributed by atoms with Crippen molar-refractivity contribution in [3.8, 4) is 5.75 Å². The first kappa shape index (κ1) is 13.1. The van der Waals surface area contributed by atoms with Crippen molar-refractivity contribution in [3.05, 3.63) is 24.3 Å². The van der Waals surface area contributed by atoms with E-state index in [1.54, 1.807) is 23.9 Å². The molecule has 98 valence electrons. The molecule has 6 heteroatoms. The lowest BCUT2D eigenvalue weighted by atomic mass is 10.3. The zero-order valence-electron chi connectivity index (χ0n) is 9.90. The molecule has 1 heterocycles. The number of alkyl halides is 2.